The van der Waals surface area contributed by atoms with E-state index in [1.807, 2.05) is 36.1 Å². The Morgan fingerprint density at radius 3 is 2.65 bits per heavy atom. The lowest BCUT2D eigenvalue weighted by molar-refractivity contribution is -0.181. The molecule has 0 bridgehead atoms. The number of nitrogens with one attached hydrogen (secondary N) is 1. The van der Waals surface area contributed by atoms with Gasteiger partial charge < -0.3 is 19.7 Å². The minimum Gasteiger partial charge on any atom is -0.347 e. The van der Waals surface area contributed by atoms with Crippen molar-refractivity contribution in [3.8, 4) is 0 Å². The van der Waals surface area contributed by atoms with Gasteiger partial charge in [0.05, 0.1) is 13.2 Å². The second kappa shape index (κ2) is 7.05. The van der Waals surface area contributed by atoms with E-state index in [2.05, 4.69) is 10.3 Å². The molecule has 4 rings (SSSR count). The number of hydrogen-bond donors (Lipinski definition) is 1. The molecule has 2 aromatic rings. The molecule has 1 N–H and O–H groups in total. The average molecular weight is 353 g/mol. The van der Waals surface area contributed by atoms with Crippen molar-refractivity contribution in [3.05, 3.63) is 53.7 Å². The van der Waals surface area contributed by atoms with Crippen LogP contribution in [0.4, 0.5) is 11.5 Å². The molecular weight excluding hydrogens is 330 g/mol. The number of rotatable bonds is 3. The first-order valence-corrected chi connectivity index (χ1v) is 9.01. The van der Waals surface area contributed by atoms with Crippen LogP contribution in [0.3, 0.4) is 0 Å². The van der Waals surface area contributed by atoms with Crippen molar-refractivity contribution >= 4 is 17.4 Å². The maximum absolute atomic E-state index is 12.9. The van der Waals surface area contributed by atoms with E-state index >= 15 is 0 Å². The van der Waals surface area contributed by atoms with Gasteiger partial charge in [-0.2, -0.15) is 0 Å². The third-order valence-corrected chi connectivity index (χ3v) is 4.92. The fourth-order valence-electron chi connectivity index (χ4n) is 3.52. The molecule has 3 heterocycles. The van der Waals surface area contributed by atoms with Gasteiger partial charge in [0, 0.05) is 43.4 Å². The van der Waals surface area contributed by atoms with Crippen molar-refractivity contribution in [3.63, 3.8) is 0 Å². The molecule has 136 valence electrons. The van der Waals surface area contributed by atoms with E-state index in [1.54, 1.807) is 18.3 Å². The Labute approximate surface area is 153 Å². The molecule has 0 saturated carbocycles. The smallest absolute Gasteiger partial charge is 0.254 e. The molecule has 26 heavy (non-hydrogen) atoms. The summed E-state index contributed by atoms with van der Waals surface area (Å²) >= 11 is 0. The largest absolute Gasteiger partial charge is 0.347 e. The van der Waals surface area contributed by atoms with Crippen LogP contribution in [0.2, 0.25) is 0 Å². The molecule has 1 aromatic carbocycles. The third kappa shape index (κ3) is 3.57. The number of aryl methyl sites for hydroxylation is 1. The molecule has 2 saturated heterocycles. The van der Waals surface area contributed by atoms with Gasteiger partial charge in [0.1, 0.15) is 5.82 Å². The number of aromatic nitrogens is 1. The van der Waals surface area contributed by atoms with Gasteiger partial charge in [0.2, 0.25) is 0 Å². The molecule has 0 radical (unpaired) electrons. The lowest BCUT2D eigenvalue weighted by Gasteiger charge is -2.37. The van der Waals surface area contributed by atoms with Crippen LogP contribution in [-0.4, -0.2) is 47.9 Å². The first kappa shape index (κ1) is 17.0. The van der Waals surface area contributed by atoms with Crippen LogP contribution in [0, 0.1) is 6.92 Å². The van der Waals surface area contributed by atoms with Gasteiger partial charge in [-0.05, 0) is 36.8 Å². The number of nitrogens with zero attached hydrogens (tertiary/aromatic N) is 2. The minimum atomic E-state index is -0.465. The number of likely N-dealkylation sites (tertiary alicyclic amines) is 1. The van der Waals surface area contributed by atoms with Crippen LogP contribution in [0.1, 0.15) is 28.8 Å². The zero-order valence-electron chi connectivity index (χ0n) is 14.9. The molecule has 0 atom stereocenters. The summed E-state index contributed by atoms with van der Waals surface area (Å²) in [4.78, 5) is 19.0. The maximum Gasteiger partial charge on any atom is 0.254 e. The van der Waals surface area contributed by atoms with E-state index in [1.165, 1.54) is 5.56 Å². The predicted molar refractivity (Wildman–Crippen MR) is 98.5 cm³/mol. The summed E-state index contributed by atoms with van der Waals surface area (Å²) < 4.78 is 11.5. The summed E-state index contributed by atoms with van der Waals surface area (Å²) in [6, 6.07) is 11.6. The van der Waals surface area contributed by atoms with Gasteiger partial charge in [0.25, 0.3) is 5.91 Å². The third-order valence-electron chi connectivity index (χ3n) is 4.92. The molecule has 2 aliphatic heterocycles. The zero-order valence-corrected chi connectivity index (χ0v) is 14.9. The van der Waals surface area contributed by atoms with Gasteiger partial charge in [-0.3, -0.25) is 4.79 Å². The number of carbonyl (C=O) groups excluding carboxylic acids is 1. The highest BCUT2D eigenvalue weighted by Crippen LogP contribution is 2.31. The van der Waals surface area contributed by atoms with Crippen LogP contribution >= 0.6 is 0 Å². The van der Waals surface area contributed by atoms with Crippen molar-refractivity contribution in [2.24, 2.45) is 0 Å². The average Bonchev–Trinajstić information content (AvgIpc) is 3.10. The van der Waals surface area contributed by atoms with E-state index in [4.69, 9.17) is 9.47 Å². The summed E-state index contributed by atoms with van der Waals surface area (Å²) in [5.74, 6) is 0.220. The van der Waals surface area contributed by atoms with Crippen LogP contribution < -0.4 is 5.32 Å². The number of piperidine rings is 1. The zero-order chi connectivity index (χ0) is 18.0. The van der Waals surface area contributed by atoms with E-state index in [9.17, 15) is 4.79 Å². The summed E-state index contributed by atoms with van der Waals surface area (Å²) in [7, 11) is 0. The van der Waals surface area contributed by atoms with Crippen molar-refractivity contribution in [2.45, 2.75) is 25.6 Å². The Morgan fingerprint density at radius 1 is 1.15 bits per heavy atom. The number of anilines is 2. The number of ether oxygens (including phenoxy) is 2. The normalized spacial score (nSPS) is 18.9. The van der Waals surface area contributed by atoms with Crippen LogP contribution in [0.15, 0.2) is 42.6 Å². The van der Waals surface area contributed by atoms with Gasteiger partial charge >= 0.3 is 0 Å². The Bertz CT molecular complexity index is 792. The fourth-order valence-corrected chi connectivity index (χ4v) is 3.52. The van der Waals surface area contributed by atoms with Crippen molar-refractivity contribution in [2.75, 3.05) is 31.6 Å². The standard InChI is InChI=1S/C20H23N3O3/c1-15-3-2-4-17(13-15)22-18-14-16(5-8-21-18)19(24)23-9-6-20(7-10-23)25-11-12-26-20/h2-5,8,13-14H,6-7,9-12H2,1H3,(H,21,22). The number of pyridine rings is 1. The van der Waals surface area contributed by atoms with Gasteiger partial charge in [-0.15, -0.1) is 0 Å². The lowest BCUT2D eigenvalue weighted by Crippen LogP contribution is -2.47. The molecular formula is C20H23N3O3. The summed E-state index contributed by atoms with van der Waals surface area (Å²) in [6.45, 7) is 4.61. The second-order valence-electron chi connectivity index (χ2n) is 6.82. The molecule has 2 aliphatic rings. The topological polar surface area (TPSA) is 63.7 Å². The summed E-state index contributed by atoms with van der Waals surface area (Å²) in [5.41, 5.74) is 2.76. The van der Waals surface area contributed by atoms with Gasteiger partial charge in [0.15, 0.2) is 5.79 Å². The first-order valence-electron chi connectivity index (χ1n) is 9.01. The molecule has 0 unspecified atom stereocenters. The quantitative estimate of drug-likeness (QED) is 0.919. The molecule has 1 spiro atoms. The van der Waals surface area contributed by atoms with E-state index < -0.39 is 5.79 Å². The van der Waals surface area contributed by atoms with Crippen molar-refractivity contribution in [1.29, 1.82) is 0 Å². The monoisotopic (exact) mass is 353 g/mol. The van der Waals surface area contributed by atoms with Crippen LogP contribution in [0.25, 0.3) is 0 Å². The first-order chi connectivity index (χ1) is 12.6. The highest BCUT2D eigenvalue weighted by Gasteiger charge is 2.40. The molecule has 0 aliphatic carbocycles. The van der Waals surface area contributed by atoms with Crippen LogP contribution in [-0.2, 0) is 9.47 Å². The van der Waals surface area contributed by atoms with Crippen molar-refractivity contribution < 1.29 is 14.3 Å². The highest BCUT2D eigenvalue weighted by atomic mass is 16.7. The number of hydrogen-bond acceptors (Lipinski definition) is 5. The Balaban J connectivity index is 1.43. The Kier molecular flexibility index (Phi) is 4.61. The number of carbonyl (C=O) groups is 1. The van der Waals surface area contributed by atoms with E-state index in [-0.39, 0.29) is 5.91 Å². The van der Waals surface area contributed by atoms with Crippen molar-refractivity contribution in [1.82, 2.24) is 9.88 Å². The molecule has 1 amide bonds. The number of amides is 1. The molecule has 2 fully saturated rings. The van der Waals surface area contributed by atoms with E-state index in [0.29, 0.717) is 37.7 Å². The summed E-state index contributed by atoms with van der Waals surface area (Å²) in [6.07, 6.45) is 3.11. The SMILES string of the molecule is Cc1cccc(Nc2cc(C(=O)N3CCC4(CC3)OCCO4)ccn2)c1. The molecule has 6 heteroatoms. The highest BCUT2D eigenvalue weighted by molar-refractivity contribution is 5.95. The Hall–Kier alpha value is -2.44. The second-order valence-corrected chi connectivity index (χ2v) is 6.82. The number of benzene rings is 1. The predicted octanol–water partition coefficient (Wildman–Crippen LogP) is 3.11. The molecule has 1 aromatic heterocycles. The summed E-state index contributed by atoms with van der Waals surface area (Å²) in [5, 5.41) is 3.26. The van der Waals surface area contributed by atoms with Gasteiger partial charge in [-0.1, -0.05) is 12.1 Å². The minimum absolute atomic E-state index is 0.0209. The van der Waals surface area contributed by atoms with Gasteiger partial charge in [-0.25, -0.2) is 4.98 Å². The molecule has 6 nitrogen and oxygen atoms in total. The van der Waals surface area contributed by atoms with E-state index in [0.717, 1.165) is 18.5 Å². The lowest BCUT2D eigenvalue weighted by atomic mass is 10.0. The van der Waals surface area contributed by atoms with Crippen LogP contribution in [0.5, 0.6) is 0 Å². The fraction of sp³-hybridized carbons (Fsp3) is 0.400. The maximum atomic E-state index is 12.9. The Morgan fingerprint density at radius 2 is 1.92 bits per heavy atom.